The Bertz CT molecular complexity index is 1170. The number of hydrogen-bond acceptors (Lipinski definition) is 4. The van der Waals surface area contributed by atoms with Crippen LogP contribution in [0.15, 0.2) is 54.7 Å². The highest BCUT2D eigenvalue weighted by atomic mass is 16.5. The number of carboxylic acid groups (broad SMARTS) is 1. The molecule has 1 aliphatic heterocycles. The van der Waals surface area contributed by atoms with Crippen LogP contribution in [0.1, 0.15) is 33.0 Å². The van der Waals surface area contributed by atoms with Crippen LogP contribution < -0.4 is 4.74 Å². The van der Waals surface area contributed by atoms with E-state index in [9.17, 15) is 9.59 Å². The lowest BCUT2D eigenvalue weighted by Gasteiger charge is -2.27. The summed E-state index contributed by atoms with van der Waals surface area (Å²) in [6, 6.07) is 14.1. The van der Waals surface area contributed by atoms with Gasteiger partial charge in [-0.15, -0.1) is 0 Å². The van der Waals surface area contributed by atoms with E-state index in [4.69, 9.17) is 9.84 Å². The van der Waals surface area contributed by atoms with Gasteiger partial charge in [-0.1, -0.05) is 30.2 Å². The van der Waals surface area contributed by atoms with Gasteiger partial charge in [0.05, 0.1) is 12.7 Å². The van der Waals surface area contributed by atoms with E-state index in [1.54, 1.807) is 47.0 Å². The Labute approximate surface area is 179 Å². The van der Waals surface area contributed by atoms with Crippen molar-refractivity contribution in [1.29, 1.82) is 0 Å². The van der Waals surface area contributed by atoms with E-state index in [0.29, 0.717) is 37.4 Å². The molecule has 0 saturated carbocycles. The van der Waals surface area contributed by atoms with Crippen molar-refractivity contribution in [2.45, 2.75) is 19.4 Å². The van der Waals surface area contributed by atoms with E-state index >= 15 is 0 Å². The molecule has 1 N–H and O–H groups in total. The minimum atomic E-state index is -0.968. The van der Waals surface area contributed by atoms with E-state index in [-0.39, 0.29) is 11.6 Å². The van der Waals surface area contributed by atoms with Crippen LogP contribution >= 0.6 is 0 Å². The van der Waals surface area contributed by atoms with Crippen molar-refractivity contribution in [2.75, 3.05) is 13.7 Å². The number of hydrogen-bond donors (Lipinski definition) is 1. The smallest absolute Gasteiger partial charge is 0.335 e. The number of carboxylic acids is 1. The maximum absolute atomic E-state index is 12.9. The Hall–Kier alpha value is -4.05. The number of rotatable bonds is 5. The summed E-state index contributed by atoms with van der Waals surface area (Å²) in [6.07, 6.45) is 2.90. The third-order valence-electron chi connectivity index (χ3n) is 5.10. The first-order valence-corrected chi connectivity index (χ1v) is 9.85. The molecular formula is C24H21N3O4. The van der Waals surface area contributed by atoms with E-state index in [1.807, 2.05) is 24.3 Å². The summed E-state index contributed by atoms with van der Waals surface area (Å²) in [7, 11) is 1.63. The normalized spacial score (nSPS) is 12.7. The summed E-state index contributed by atoms with van der Waals surface area (Å²) in [6.45, 7) is 0.962. The highest BCUT2D eigenvalue weighted by Crippen LogP contribution is 2.17. The SMILES string of the molecule is COc1ccc(CC#Cc2cn3c(n2)CCN(Cc2ccc(C(=O)O)cc2)C3=O)cc1. The van der Waals surface area contributed by atoms with Crippen molar-refractivity contribution in [2.24, 2.45) is 0 Å². The molecule has 4 rings (SSSR count). The Kier molecular flexibility index (Phi) is 5.72. The molecule has 3 aromatic rings. The van der Waals surface area contributed by atoms with Crippen molar-refractivity contribution < 1.29 is 19.4 Å². The Morgan fingerprint density at radius 3 is 2.52 bits per heavy atom. The second-order valence-corrected chi connectivity index (χ2v) is 7.20. The van der Waals surface area contributed by atoms with Gasteiger partial charge in [-0.2, -0.15) is 0 Å². The molecule has 0 saturated heterocycles. The fraction of sp³-hybridized carbons (Fsp3) is 0.208. The van der Waals surface area contributed by atoms with Crippen LogP contribution in [0, 0.1) is 11.8 Å². The van der Waals surface area contributed by atoms with Gasteiger partial charge < -0.3 is 14.7 Å². The number of nitrogens with zero attached hydrogens (tertiary/aromatic N) is 3. The Morgan fingerprint density at radius 2 is 1.84 bits per heavy atom. The molecule has 0 aliphatic carbocycles. The lowest BCUT2D eigenvalue weighted by atomic mass is 10.1. The predicted octanol–water partition coefficient (Wildman–Crippen LogP) is 3.21. The average molecular weight is 415 g/mol. The average Bonchev–Trinajstić information content (AvgIpc) is 3.20. The standard InChI is InChI=1S/C24H21N3O4/c1-31-21-11-7-17(8-12-21)3-2-4-20-16-27-22(25-20)13-14-26(24(27)30)15-18-5-9-19(10-6-18)23(28)29/h5-12,16H,3,13-15H2,1H3,(H,28,29). The number of benzene rings is 2. The first-order chi connectivity index (χ1) is 15.0. The molecule has 0 atom stereocenters. The van der Waals surface area contributed by atoms with Crippen LogP contribution in [0.2, 0.25) is 0 Å². The molecule has 1 aromatic heterocycles. The first-order valence-electron chi connectivity index (χ1n) is 9.85. The molecule has 2 aromatic carbocycles. The number of aromatic nitrogens is 2. The summed E-state index contributed by atoms with van der Waals surface area (Å²) in [5, 5.41) is 9.01. The van der Waals surface area contributed by atoms with Gasteiger partial charge in [-0.05, 0) is 41.3 Å². The molecule has 0 bridgehead atoms. The molecule has 7 heteroatoms. The zero-order valence-electron chi connectivity index (χ0n) is 17.0. The number of methoxy groups -OCH3 is 1. The van der Waals surface area contributed by atoms with Crippen molar-refractivity contribution in [3.05, 3.63) is 82.9 Å². The van der Waals surface area contributed by atoms with Crippen LogP contribution in [0.4, 0.5) is 4.79 Å². The van der Waals surface area contributed by atoms with Gasteiger partial charge in [0.1, 0.15) is 17.3 Å². The molecule has 0 fully saturated rings. The molecule has 1 aliphatic rings. The summed E-state index contributed by atoms with van der Waals surface area (Å²) in [5.41, 5.74) is 2.75. The molecule has 0 radical (unpaired) electrons. The van der Waals surface area contributed by atoms with Gasteiger partial charge >= 0.3 is 12.0 Å². The second-order valence-electron chi connectivity index (χ2n) is 7.20. The molecule has 156 valence electrons. The topological polar surface area (TPSA) is 84.7 Å². The van der Waals surface area contributed by atoms with E-state index in [0.717, 1.165) is 16.9 Å². The molecule has 0 unspecified atom stereocenters. The van der Waals surface area contributed by atoms with Crippen LogP contribution in [-0.2, 0) is 19.4 Å². The molecule has 7 nitrogen and oxygen atoms in total. The van der Waals surface area contributed by atoms with E-state index < -0.39 is 5.97 Å². The zero-order chi connectivity index (χ0) is 21.8. The second kappa shape index (κ2) is 8.76. The molecule has 2 heterocycles. The summed E-state index contributed by atoms with van der Waals surface area (Å²) in [4.78, 5) is 30.1. The number of ether oxygens (including phenoxy) is 1. The van der Waals surface area contributed by atoms with Crippen molar-refractivity contribution in [1.82, 2.24) is 14.5 Å². The quantitative estimate of drug-likeness (QED) is 0.647. The van der Waals surface area contributed by atoms with Crippen molar-refractivity contribution in [3.8, 4) is 17.6 Å². The number of fused-ring (bicyclic) bond motifs is 1. The van der Waals surface area contributed by atoms with Crippen LogP contribution in [-0.4, -0.2) is 45.2 Å². The van der Waals surface area contributed by atoms with Crippen LogP contribution in [0.3, 0.4) is 0 Å². The highest BCUT2D eigenvalue weighted by Gasteiger charge is 2.25. The largest absolute Gasteiger partial charge is 0.497 e. The van der Waals surface area contributed by atoms with Crippen molar-refractivity contribution in [3.63, 3.8) is 0 Å². The van der Waals surface area contributed by atoms with Gasteiger partial charge in [0.15, 0.2) is 0 Å². The van der Waals surface area contributed by atoms with E-state index in [1.165, 1.54) is 0 Å². The highest BCUT2D eigenvalue weighted by molar-refractivity contribution is 5.87. The minimum Gasteiger partial charge on any atom is -0.497 e. The van der Waals surface area contributed by atoms with Crippen LogP contribution in [0.5, 0.6) is 5.75 Å². The summed E-state index contributed by atoms with van der Waals surface area (Å²) in [5.74, 6) is 6.69. The Balaban J connectivity index is 1.42. The molecule has 1 amide bonds. The van der Waals surface area contributed by atoms with E-state index in [2.05, 4.69) is 16.8 Å². The van der Waals surface area contributed by atoms with Gasteiger partial charge in [0.25, 0.3) is 0 Å². The maximum Gasteiger partial charge on any atom is 0.335 e. The fourth-order valence-corrected chi connectivity index (χ4v) is 3.40. The van der Waals surface area contributed by atoms with Gasteiger partial charge in [-0.3, -0.25) is 4.57 Å². The van der Waals surface area contributed by atoms with Crippen LogP contribution in [0.25, 0.3) is 0 Å². The zero-order valence-corrected chi connectivity index (χ0v) is 17.0. The molecule has 0 spiro atoms. The summed E-state index contributed by atoms with van der Waals surface area (Å²) < 4.78 is 6.70. The molecular weight excluding hydrogens is 394 g/mol. The monoisotopic (exact) mass is 415 g/mol. The third kappa shape index (κ3) is 4.59. The number of amides is 1. The number of carbonyl (C=O) groups is 2. The number of aromatic carboxylic acids is 1. The lowest BCUT2D eigenvalue weighted by Crippen LogP contribution is -2.40. The molecule has 31 heavy (non-hydrogen) atoms. The number of imidazole rings is 1. The third-order valence-corrected chi connectivity index (χ3v) is 5.10. The van der Waals surface area contributed by atoms with Crippen molar-refractivity contribution >= 4 is 12.0 Å². The Morgan fingerprint density at radius 1 is 1.13 bits per heavy atom. The summed E-state index contributed by atoms with van der Waals surface area (Å²) >= 11 is 0. The lowest BCUT2D eigenvalue weighted by molar-refractivity contribution is 0.0696. The van der Waals surface area contributed by atoms with Gasteiger partial charge in [0.2, 0.25) is 0 Å². The fourth-order valence-electron chi connectivity index (χ4n) is 3.40. The van der Waals surface area contributed by atoms with Gasteiger partial charge in [-0.25, -0.2) is 14.6 Å². The predicted molar refractivity (Wildman–Crippen MR) is 114 cm³/mol. The number of carbonyl (C=O) groups excluding carboxylic acids is 1. The van der Waals surface area contributed by atoms with Gasteiger partial charge in [0, 0.05) is 32.1 Å². The first kappa shape index (κ1) is 20.2. The maximum atomic E-state index is 12.9. The minimum absolute atomic E-state index is 0.153.